The van der Waals surface area contributed by atoms with Crippen LogP contribution in [0.3, 0.4) is 0 Å². The summed E-state index contributed by atoms with van der Waals surface area (Å²) in [5.74, 6) is 0. The molecule has 0 aromatic carbocycles. The highest BCUT2D eigenvalue weighted by Crippen LogP contribution is 2.34. The first-order valence-electron chi connectivity index (χ1n) is 7.20. The van der Waals surface area contributed by atoms with Crippen LogP contribution in [0.2, 0.25) is 0 Å². The van der Waals surface area contributed by atoms with Gasteiger partial charge in [-0.05, 0) is 34.6 Å². The lowest BCUT2D eigenvalue weighted by molar-refractivity contribution is -0.133. The van der Waals surface area contributed by atoms with Crippen LogP contribution >= 0.6 is 0 Å². The molecule has 1 aliphatic heterocycles. The first kappa shape index (κ1) is 17.2. The van der Waals surface area contributed by atoms with Crippen molar-refractivity contribution in [2.24, 2.45) is 5.41 Å². The fraction of sp³-hybridized carbons (Fsp3) is 0.933. The van der Waals surface area contributed by atoms with Gasteiger partial charge in [0.1, 0.15) is 11.8 Å². The molecule has 20 heavy (non-hydrogen) atoms. The van der Waals surface area contributed by atoms with Crippen molar-refractivity contribution in [3.63, 3.8) is 0 Å². The molecule has 1 fully saturated rings. The van der Waals surface area contributed by atoms with Gasteiger partial charge in [0.05, 0.1) is 18.8 Å². The highest BCUT2D eigenvalue weighted by Gasteiger charge is 2.46. The van der Waals surface area contributed by atoms with Crippen LogP contribution in [0.1, 0.15) is 48.5 Å². The summed E-state index contributed by atoms with van der Waals surface area (Å²) in [7, 11) is 0. The second-order valence-electron chi connectivity index (χ2n) is 7.47. The van der Waals surface area contributed by atoms with Crippen molar-refractivity contribution >= 4 is 6.09 Å². The van der Waals surface area contributed by atoms with Crippen molar-refractivity contribution in [2.75, 3.05) is 13.1 Å². The SMILES string of the molecule is CC(C)OC1C(F)CN(C(=O)OC(C)(C)C)CC1(C)C. The van der Waals surface area contributed by atoms with Crippen LogP contribution in [0.25, 0.3) is 0 Å². The van der Waals surface area contributed by atoms with Crippen LogP contribution in [0.5, 0.6) is 0 Å². The molecule has 0 aliphatic carbocycles. The van der Waals surface area contributed by atoms with Gasteiger partial charge < -0.3 is 14.4 Å². The minimum Gasteiger partial charge on any atom is -0.444 e. The lowest BCUT2D eigenvalue weighted by Gasteiger charge is -2.46. The molecular formula is C15H28FNO3. The summed E-state index contributed by atoms with van der Waals surface area (Å²) in [5.41, 5.74) is -1.02. The third-order valence-electron chi connectivity index (χ3n) is 3.16. The van der Waals surface area contributed by atoms with E-state index in [1.165, 1.54) is 4.90 Å². The normalized spacial score (nSPS) is 26.8. The summed E-state index contributed by atoms with van der Waals surface area (Å²) >= 11 is 0. The summed E-state index contributed by atoms with van der Waals surface area (Å²) < 4.78 is 25.4. The Kier molecular flexibility index (Phi) is 5.06. The Bertz CT molecular complexity index is 350. The molecule has 1 amide bonds. The van der Waals surface area contributed by atoms with E-state index in [1.807, 2.05) is 27.7 Å². The third-order valence-corrected chi connectivity index (χ3v) is 3.16. The average molecular weight is 289 g/mol. The van der Waals surface area contributed by atoms with Crippen molar-refractivity contribution in [3.05, 3.63) is 0 Å². The first-order valence-corrected chi connectivity index (χ1v) is 7.20. The fourth-order valence-corrected chi connectivity index (χ4v) is 2.47. The number of carbonyl (C=O) groups excluding carboxylic acids is 1. The maximum atomic E-state index is 14.4. The molecule has 1 aliphatic rings. The molecule has 1 heterocycles. The number of hydrogen-bond acceptors (Lipinski definition) is 3. The van der Waals surface area contributed by atoms with Crippen molar-refractivity contribution in [2.45, 2.75) is 72.4 Å². The van der Waals surface area contributed by atoms with Crippen molar-refractivity contribution in [1.82, 2.24) is 4.90 Å². The molecule has 0 aromatic rings. The Morgan fingerprint density at radius 2 is 1.90 bits per heavy atom. The maximum Gasteiger partial charge on any atom is 0.410 e. The Balaban J connectivity index is 2.76. The van der Waals surface area contributed by atoms with E-state index >= 15 is 0 Å². The quantitative estimate of drug-likeness (QED) is 0.782. The third kappa shape index (κ3) is 4.62. The van der Waals surface area contributed by atoms with E-state index in [4.69, 9.17) is 9.47 Å². The van der Waals surface area contributed by atoms with Gasteiger partial charge in [0.15, 0.2) is 0 Å². The van der Waals surface area contributed by atoms with Crippen molar-refractivity contribution < 1.29 is 18.7 Å². The van der Waals surface area contributed by atoms with E-state index < -0.39 is 29.4 Å². The van der Waals surface area contributed by atoms with Gasteiger partial charge in [-0.1, -0.05) is 13.8 Å². The van der Waals surface area contributed by atoms with Crippen LogP contribution in [0, 0.1) is 5.41 Å². The molecule has 0 aromatic heterocycles. The number of ether oxygens (including phenoxy) is 2. The zero-order valence-electron chi connectivity index (χ0n) is 13.7. The molecule has 2 atom stereocenters. The number of amides is 1. The highest BCUT2D eigenvalue weighted by molar-refractivity contribution is 5.68. The number of alkyl halides is 1. The summed E-state index contributed by atoms with van der Waals surface area (Å²) in [6.45, 7) is 13.5. The molecule has 4 nitrogen and oxygen atoms in total. The van der Waals surface area contributed by atoms with Crippen LogP contribution in [0.4, 0.5) is 9.18 Å². The van der Waals surface area contributed by atoms with Crippen LogP contribution < -0.4 is 0 Å². The molecule has 0 spiro atoms. The van der Waals surface area contributed by atoms with Crippen LogP contribution in [0.15, 0.2) is 0 Å². The molecule has 1 rings (SSSR count). The Morgan fingerprint density at radius 1 is 1.35 bits per heavy atom. The van der Waals surface area contributed by atoms with Gasteiger partial charge in [0.25, 0.3) is 0 Å². The van der Waals surface area contributed by atoms with E-state index in [0.717, 1.165) is 0 Å². The number of likely N-dealkylation sites (tertiary alicyclic amines) is 1. The van der Waals surface area contributed by atoms with Gasteiger partial charge in [-0.2, -0.15) is 0 Å². The van der Waals surface area contributed by atoms with E-state index in [9.17, 15) is 9.18 Å². The number of piperidine rings is 1. The summed E-state index contributed by atoms with van der Waals surface area (Å²) in [4.78, 5) is 13.5. The van der Waals surface area contributed by atoms with Crippen molar-refractivity contribution in [3.8, 4) is 0 Å². The first-order chi connectivity index (χ1) is 8.92. The second kappa shape index (κ2) is 5.88. The molecule has 5 heteroatoms. The number of halogens is 1. The Hall–Kier alpha value is -0.840. The molecule has 0 N–H and O–H groups in total. The maximum absolute atomic E-state index is 14.4. The number of rotatable bonds is 2. The lowest BCUT2D eigenvalue weighted by atomic mass is 9.80. The van der Waals surface area contributed by atoms with Gasteiger partial charge in [-0.25, -0.2) is 9.18 Å². The van der Waals surface area contributed by atoms with Gasteiger partial charge >= 0.3 is 6.09 Å². The Morgan fingerprint density at radius 3 is 2.30 bits per heavy atom. The zero-order chi connectivity index (χ0) is 15.7. The van der Waals surface area contributed by atoms with E-state index in [0.29, 0.717) is 6.54 Å². The van der Waals surface area contributed by atoms with Crippen molar-refractivity contribution in [1.29, 1.82) is 0 Å². The number of nitrogens with zero attached hydrogens (tertiary/aromatic N) is 1. The minimum atomic E-state index is -1.20. The molecule has 2 unspecified atom stereocenters. The van der Waals surface area contributed by atoms with E-state index in [1.54, 1.807) is 20.8 Å². The largest absolute Gasteiger partial charge is 0.444 e. The minimum absolute atomic E-state index is 0.0235. The summed E-state index contributed by atoms with van der Waals surface area (Å²) in [5, 5.41) is 0. The molecule has 0 saturated carbocycles. The summed E-state index contributed by atoms with van der Waals surface area (Å²) in [6, 6.07) is 0. The van der Waals surface area contributed by atoms with E-state index in [2.05, 4.69) is 0 Å². The molecule has 0 bridgehead atoms. The average Bonchev–Trinajstić information content (AvgIpc) is 2.20. The second-order valence-corrected chi connectivity index (χ2v) is 7.47. The monoisotopic (exact) mass is 289 g/mol. The fourth-order valence-electron chi connectivity index (χ4n) is 2.47. The molecular weight excluding hydrogens is 261 g/mol. The lowest BCUT2D eigenvalue weighted by Crippen LogP contribution is -2.58. The molecule has 0 radical (unpaired) electrons. The van der Waals surface area contributed by atoms with Gasteiger partial charge in [-0.3, -0.25) is 0 Å². The van der Waals surface area contributed by atoms with E-state index in [-0.39, 0.29) is 12.6 Å². The predicted octanol–water partition coefficient (Wildman–Crippen LogP) is 3.40. The van der Waals surface area contributed by atoms with Gasteiger partial charge in [0.2, 0.25) is 0 Å². The zero-order valence-corrected chi connectivity index (χ0v) is 13.7. The number of carbonyl (C=O) groups is 1. The van der Waals surface area contributed by atoms with Gasteiger partial charge in [0, 0.05) is 12.0 Å². The standard InChI is InChI=1S/C15H28FNO3/c1-10(2)19-12-11(16)8-17(9-15(12,6)7)13(18)20-14(3,4)5/h10-12H,8-9H2,1-7H3. The molecule has 118 valence electrons. The Labute approximate surface area is 121 Å². The highest BCUT2D eigenvalue weighted by atomic mass is 19.1. The summed E-state index contributed by atoms with van der Waals surface area (Å²) in [6.07, 6.45) is -2.20. The van der Waals surface area contributed by atoms with Crippen LogP contribution in [-0.2, 0) is 9.47 Å². The van der Waals surface area contributed by atoms with Gasteiger partial charge in [-0.15, -0.1) is 0 Å². The predicted molar refractivity (Wildman–Crippen MR) is 76.5 cm³/mol. The van der Waals surface area contributed by atoms with Crippen LogP contribution in [-0.4, -0.2) is 48.1 Å². The topological polar surface area (TPSA) is 38.8 Å². The smallest absolute Gasteiger partial charge is 0.410 e. The molecule has 1 saturated heterocycles. The number of hydrogen-bond donors (Lipinski definition) is 0.